The van der Waals surface area contributed by atoms with Crippen molar-refractivity contribution in [3.05, 3.63) is 45.5 Å². The van der Waals surface area contributed by atoms with Crippen LogP contribution in [0.25, 0.3) is 0 Å². The topological polar surface area (TPSA) is 85.5 Å². The Morgan fingerprint density at radius 3 is 2.77 bits per heavy atom. The van der Waals surface area contributed by atoms with Crippen LogP contribution in [0.5, 0.6) is 6.01 Å². The number of nitrogens with zero attached hydrogens (tertiary/aromatic N) is 3. The van der Waals surface area contributed by atoms with E-state index in [9.17, 15) is 17.6 Å². The Balaban J connectivity index is 1.36. The molecule has 5 heterocycles. The third-order valence-electron chi connectivity index (χ3n) is 9.00. The molecule has 6 rings (SSSR count). The fraction of sp³-hybridized carbons (Fsp3) is 0.643. The van der Waals surface area contributed by atoms with Crippen LogP contribution < -0.4 is 15.8 Å². The Morgan fingerprint density at radius 2 is 2.02 bits per heavy atom. The Labute approximate surface area is 229 Å². The highest BCUT2D eigenvalue weighted by Gasteiger charge is 2.49. The van der Waals surface area contributed by atoms with Crippen LogP contribution in [-0.2, 0) is 23.9 Å². The van der Waals surface area contributed by atoms with Crippen LogP contribution in [0.3, 0.4) is 0 Å². The van der Waals surface area contributed by atoms with E-state index in [1.807, 2.05) is 0 Å². The highest BCUT2D eigenvalue weighted by atomic mass is 19.4. The van der Waals surface area contributed by atoms with E-state index >= 15 is 4.39 Å². The lowest BCUT2D eigenvalue weighted by atomic mass is 9.87. The number of hydrogen-bond acceptors (Lipinski definition) is 7. The lowest BCUT2D eigenvalue weighted by Gasteiger charge is -2.33. The van der Waals surface area contributed by atoms with Crippen molar-refractivity contribution in [2.24, 2.45) is 0 Å². The maximum Gasteiger partial charge on any atom is 0.417 e. The van der Waals surface area contributed by atoms with Crippen LogP contribution >= 0.6 is 0 Å². The number of aromatic nitrogens is 2. The lowest BCUT2D eigenvalue weighted by molar-refractivity contribution is -0.140. The predicted molar refractivity (Wildman–Crippen MR) is 137 cm³/mol. The first-order valence-electron chi connectivity index (χ1n) is 14.0. The fourth-order valence-corrected chi connectivity index (χ4v) is 7.13. The van der Waals surface area contributed by atoms with Crippen molar-refractivity contribution in [1.82, 2.24) is 20.2 Å². The van der Waals surface area contributed by atoms with Crippen LogP contribution in [0.4, 0.5) is 27.6 Å². The van der Waals surface area contributed by atoms with Crippen LogP contribution in [0.2, 0.25) is 0 Å². The molecule has 3 N–H and O–H groups in total. The van der Waals surface area contributed by atoms with Crippen LogP contribution in [0.15, 0.2) is 6.07 Å². The molecule has 0 unspecified atom stereocenters. The van der Waals surface area contributed by atoms with Gasteiger partial charge in [0.1, 0.15) is 12.8 Å². The molecule has 1 aromatic heterocycles. The molecule has 218 valence electrons. The van der Waals surface area contributed by atoms with E-state index in [0.717, 1.165) is 62.6 Å². The molecule has 0 amide bonds. The number of halogens is 5. The van der Waals surface area contributed by atoms with Crippen LogP contribution in [-0.4, -0.2) is 59.4 Å². The molecule has 4 aliphatic heterocycles. The zero-order valence-electron chi connectivity index (χ0n) is 22.4. The average molecular weight is 568 g/mol. The number of aryl methyl sites for hydroxylation is 1. The summed E-state index contributed by atoms with van der Waals surface area (Å²) < 4.78 is 83.8. The Kier molecular flexibility index (Phi) is 7.15. The molecule has 40 heavy (non-hydrogen) atoms. The summed E-state index contributed by atoms with van der Waals surface area (Å²) in [5, 5.41) is 3.33. The van der Waals surface area contributed by atoms with Crippen molar-refractivity contribution >= 4 is 5.69 Å². The average Bonchev–Trinajstić information content (AvgIpc) is 3.44. The summed E-state index contributed by atoms with van der Waals surface area (Å²) in [7, 11) is 0. The zero-order valence-corrected chi connectivity index (χ0v) is 22.4. The van der Waals surface area contributed by atoms with Gasteiger partial charge in [0.25, 0.3) is 0 Å². The Bertz CT molecular complexity index is 1280. The van der Waals surface area contributed by atoms with E-state index in [1.165, 1.54) is 6.92 Å². The quantitative estimate of drug-likeness (QED) is 0.398. The summed E-state index contributed by atoms with van der Waals surface area (Å²) in [6, 6.07) is 1.12. The number of benzene rings is 1. The number of rotatable bonds is 5. The first-order valence-corrected chi connectivity index (χ1v) is 14.0. The Morgan fingerprint density at radius 1 is 1.25 bits per heavy atom. The summed E-state index contributed by atoms with van der Waals surface area (Å²) in [5.74, 6) is -1.03. The fourth-order valence-electron chi connectivity index (χ4n) is 7.13. The van der Waals surface area contributed by atoms with Crippen molar-refractivity contribution in [1.29, 1.82) is 0 Å². The van der Waals surface area contributed by atoms with E-state index in [4.69, 9.17) is 20.2 Å². The molecular formula is C28H34F5N5O2. The van der Waals surface area contributed by atoms with Gasteiger partial charge in [-0.1, -0.05) is 0 Å². The van der Waals surface area contributed by atoms with Gasteiger partial charge in [0.05, 0.1) is 40.9 Å². The molecule has 0 aliphatic carbocycles. The van der Waals surface area contributed by atoms with Crippen LogP contribution in [0.1, 0.15) is 77.8 Å². The summed E-state index contributed by atoms with van der Waals surface area (Å²) >= 11 is 0. The van der Waals surface area contributed by atoms with Gasteiger partial charge in [-0.2, -0.15) is 23.1 Å². The minimum absolute atomic E-state index is 0.0502. The largest absolute Gasteiger partial charge is 0.461 e. The first kappa shape index (κ1) is 27.6. The zero-order chi connectivity index (χ0) is 28.2. The maximum absolute atomic E-state index is 15.2. The minimum atomic E-state index is -4.79. The highest BCUT2D eigenvalue weighted by molar-refractivity contribution is 5.53. The van der Waals surface area contributed by atoms with Gasteiger partial charge in [0, 0.05) is 36.4 Å². The van der Waals surface area contributed by atoms with Gasteiger partial charge in [-0.15, -0.1) is 0 Å². The van der Waals surface area contributed by atoms with Crippen molar-refractivity contribution < 1.29 is 31.4 Å². The van der Waals surface area contributed by atoms with E-state index in [1.54, 1.807) is 0 Å². The molecule has 0 bridgehead atoms. The van der Waals surface area contributed by atoms with E-state index < -0.39 is 40.9 Å². The molecule has 3 atom stereocenters. The molecule has 1 aromatic carbocycles. The standard InChI is InChI=1S/C28H34F5N5O2/c1-15-9-19(34)24(30)22(23(15)28(31,32)33)21-10-20-18(13-39-21)25(16-3-6-35-7-4-16)37-26(36-20)40-14-27-5-2-8-38(27)12-17(29)11-27/h9,16-17,21,35H,2-8,10-14,34H2,1H3/t17-,21-,27+/m1/s1. The smallest absolute Gasteiger partial charge is 0.417 e. The van der Waals surface area contributed by atoms with E-state index in [2.05, 4.69) is 15.2 Å². The number of hydrogen-bond donors (Lipinski definition) is 2. The van der Waals surface area contributed by atoms with Gasteiger partial charge in [-0.3, -0.25) is 4.90 Å². The number of nitrogen functional groups attached to an aromatic ring is 1. The minimum Gasteiger partial charge on any atom is -0.461 e. The third kappa shape index (κ3) is 4.92. The number of ether oxygens (including phenoxy) is 2. The van der Waals surface area contributed by atoms with Gasteiger partial charge in [-0.25, -0.2) is 8.78 Å². The molecule has 0 radical (unpaired) electrons. The summed E-state index contributed by atoms with van der Waals surface area (Å²) in [4.78, 5) is 11.5. The number of anilines is 1. The number of nitrogens with two attached hydrogens (primary N) is 1. The molecule has 3 fully saturated rings. The van der Waals surface area contributed by atoms with Crippen molar-refractivity contribution in [2.45, 2.75) is 82.0 Å². The second kappa shape index (κ2) is 10.4. The first-order chi connectivity index (χ1) is 19.1. The summed E-state index contributed by atoms with van der Waals surface area (Å²) in [6.45, 7) is 4.27. The van der Waals surface area contributed by atoms with E-state index in [0.29, 0.717) is 18.7 Å². The monoisotopic (exact) mass is 567 g/mol. The molecule has 12 heteroatoms. The molecule has 4 aliphatic rings. The van der Waals surface area contributed by atoms with Gasteiger partial charge < -0.3 is 20.5 Å². The lowest BCUT2D eigenvalue weighted by Crippen LogP contribution is -2.43. The highest BCUT2D eigenvalue weighted by Crippen LogP contribution is 2.45. The SMILES string of the molecule is Cc1cc(N)c(F)c([C@H]2Cc3nc(OC[C@@]45CCCN4C[C@H](F)C5)nc(C4CCNCC4)c3CO2)c1C(F)(F)F. The molecule has 7 nitrogen and oxygen atoms in total. The Hall–Kier alpha value is -2.57. The van der Waals surface area contributed by atoms with E-state index in [-0.39, 0.29) is 42.8 Å². The van der Waals surface area contributed by atoms with Crippen molar-refractivity contribution in [3.8, 4) is 6.01 Å². The van der Waals surface area contributed by atoms with Gasteiger partial charge in [0.15, 0.2) is 5.82 Å². The maximum atomic E-state index is 15.2. The predicted octanol–water partition coefficient (Wildman–Crippen LogP) is 4.76. The summed E-state index contributed by atoms with van der Waals surface area (Å²) in [6.07, 6.45) is -3.18. The number of nitrogens with one attached hydrogen (secondary N) is 1. The van der Waals surface area contributed by atoms with Gasteiger partial charge >= 0.3 is 12.2 Å². The van der Waals surface area contributed by atoms with Gasteiger partial charge in [-0.05, 0) is 63.9 Å². The third-order valence-corrected chi connectivity index (χ3v) is 9.00. The van der Waals surface area contributed by atoms with Gasteiger partial charge in [0.2, 0.25) is 0 Å². The number of fused-ring (bicyclic) bond motifs is 2. The molecule has 2 aromatic rings. The molecular weight excluding hydrogens is 533 g/mol. The second-order valence-corrected chi connectivity index (χ2v) is 11.6. The van der Waals surface area contributed by atoms with Crippen molar-refractivity contribution in [2.75, 3.05) is 38.5 Å². The second-order valence-electron chi connectivity index (χ2n) is 11.6. The molecule has 0 saturated carbocycles. The molecule has 0 spiro atoms. The number of alkyl halides is 4. The normalized spacial score (nSPS) is 27.6. The number of piperidine rings is 1. The van der Waals surface area contributed by atoms with Crippen LogP contribution in [0, 0.1) is 12.7 Å². The summed E-state index contributed by atoms with van der Waals surface area (Å²) in [5.41, 5.74) is 5.12. The molecule has 3 saturated heterocycles. The van der Waals surface area contributed by atoms with Crippen molar-refractivity contribution in [3.63, 3.8) is 0 Å².